The number of rotatable bonds is 4. The summed E-state index contributed by atoms with van der Waals surface area (Å²) in [5.41, 5.74) is 3.05. The first-order valence-electron chi connectivity index (χ1n) is 9.32. The van der Waals surface area contributed by atoms with Crippen molar-refractivity contribution in [1.29, 1.82) is 0 Å². The molecule has 0 radical (unpaired) electrons. The van der Waals surface area contributed by atoms with Crippen LogP contribution in [0.5, 0.6) is 0 Å². The van der Waals surface area contributed by atoms with E-state index in [0.29, 0.717) is 17.8 Å². The predicted octanol–water partition coefficient (Wildman–Crippen LogP) is 5.92. The van der Waals surface area contributed by atoms with E-state index in [-0.39, 0.29) is 12.4 Å². The maximum Gasteiger partial charge on any atom is 0.261 e. The second-order valence-electron chi connectivity index (χ2n) is 7.02. The highest BCUT2D eigenvalue weighted by molar-refractivity contribution is 7.13. The SMILES string of the molecule is CC1=C(c2ccc(NC(=O)c3c(F)cc(F)cc3F)cc2)CN(c2nccs2)CC1.Cl. The molecule has 0 atom stereocenters. The van der Waals surface area contributed by atoms with Gasteiger partial charge < -0.3 is 10.2 Å². The van der Waals surface area contributed by atoms with Gasteiger partial charge in [-0.3, -0.25) is 4.79 Å². The highest BCUT2D eigenvalue weighted by Crippen LogP contribution is 2.31. The number of nitrogens with one attached hydrogen (secondary N) is 1. The molecule has 0 bridgehead atoms. The number of carbonyl (C=O) groups excluding carboxylic acids is 1. The second kappa shape index (κ2) is 9.53. The molecule has 31 heavy (non-hydrogen) atoms. The highest BCUT2D eigenvalue weighted by atomic mass is 35.5. The average molecular weight is 466 g/mol. The third-order valence-corrected chi connectivity index (χ3v) is 5.87. The third kappa shape index (κ3) is 4.91. The number of amides is 1. The molecule has 0 fully saturated rings. The Morgan fingerprint density at radius 2 is 1.81 bits per heavy atom. The van der Waals surface area contributed by atoms with Crippen LogP contribution in [0.1, 0.15) is 29.3 Å². The molecule has 1 amide bonds. The zero-order valence-electron chi connectivity index (χ0n) is 16.5. The molecule has 2 heterocycles. The van der Waals surface area contributed by atoms with E-state index in [0.717, 1.165) is 30.2 Å². The zero-order valence-corrected chi connectivity index (χ0v) is 18.1. The van der Waals surface area contributed by atoms with Crippen molar-refractivity contribution in [2.45, 2.75) is 13.3 Å². The van der Waals surface area contributed by atoms with Crippen molar-refractivity contribution in [3.8, 4) is 0 Å². The van der Waals surface area contributed by atoms with Crippen molar-refractivity contribution in [2.24, 2.45) is 0 Å². The minimum absolute atomic E-state index is 0. The lowest BCUT2D eigenvalue weighted by Gasteiger charge is -2.30. The van der Waals surface area contributed by atoms with Crippen LogP contribution in [0.3, 0.4) is 0 Å². The number of halogens is 4. The Kier molecular flexibility index (Phi) is 7.02. The molecule has 4 nitrogen and oxygen atoms in total. The quantitative estimate of drug-likeness (QED) is 0.520. The number of carbonyl (C=O) groups is 1. The smallest absolute Gasteiger partial charge is 0.261 e. The number of thiazole rings is 1. The Morgan fingerprint density at radius 3 is 2.42 bits per heavy atom. The van der Waals surface area contributed by atoms with Crippen LogP contribution < -0.4 is 10.2 Å². The molecule has 1 aliphatic heterocycles. The Labute approximate surface area is 187 Å². The van der Waals surface area contributed by atoms with Crippen molar-refractivity contribution in [2.75, 3.05) is 23.3 Å². The number of hydrogen-bond acceptors (Lipinski definition) is 4. The van der Waals surface area contributed by atoms with E-state index in [9.17, 15) is 18.0 Å². The van der Waals surface area contributed by atoms with E-state index in [2.05, 4.69) is 22.1 Å². The van der Waals surface area contributed by atoms with Crippen molar-refractivity contribution < 1.29 is 18.0 Å². The predicted molar refractivity (Wildman–Crippen MR) is 119 cm³/mol. The summed E-state index contributed by atoms with van der Waals surface area (Å²) >= 11 is 1.60. The lowest BCUT2D eigenvalue weighted by Crippen LogP contribution is -2.30. The van der Waals surface area contributed by atoms with Gasteiger partial charge in [0.25, 0.3) is 5.91 Å². The summed E-state index contributed by atoms with van der Waals surface area (Å²) in [6.45, 7) is 3.74. The van der Waals surface area contributed by atoms with Crippen molar-refractivity contribution in [3.05, 3.63) is 82.1 Å². The highest BCUT2D eigenvalue weighted by Gasteiger charge is 2.21. The Balaban J connectivity index is 0.00000272. The fraction of sp³-hybridized carbons (Fsp3) is 0.182. The van der Waals surface area contributed by atoms with Gasteiger partial charge >= 0.3 is 0 Å². The fourth-order valence-corrected chi connectivity index (χ4v) is 4.11. The Hall–Kier alpha value is -2.84. The number of anilines is 2. The van der Waals surface area contributed by atoms with Gasteiger partial charge in [0.05, 0.1) is 0 Å². The monoisotopic (exact) mass is 465 g/mol. The van der Waals surface area contributed by atoms with E-state index in [1.807, 2.05) is 17.5 Å². The van der Waals surface area contributed by atoms with Crippen LogP contribution in [0.25, 0.3) is 5.57 Å². The fourth-order valence-electron chi connectivity index (χ4n) is 3.44. The van der Waals surface area contributed by atoms with Crippen LogP contribution in [-0.4, -0.2) is 24.0 Å². The molecule has 0 aliphatic carbocycles. The standard InChI is InChI=1S/C22H18F3N3OS.ClH/c1-13-6-8-28(22-26-7-9-30-22)12-17(13)14-2-4-16(5-3-14)27-21(29)20-18(24)10-15(23)11-19(20)25;/h2-5,7,9-11H,6,8,12H2,1H3,(H,27,29);1H. The van der Waals surface area contributed by atoms with Crippen LogP contribution in [0, 0.1) is 17.5 Å². The molecule has 4 rings (SSSR count). The van der Waals surface area contributed by atoms with Crippen molar-refractivity contribution in [1.82, 2.24) is 4.98 Å². The number of aromatic nitrogens is 1. The molecule has 0 spiro atoms. The molecular formula is C22H19ClF3N3OS. The summed E-state index contributed by atoms with van der Waals surface area (Å²) in [7, 11) is 0. The minimum Gasteiger partial charge on any atom is -0.343 e. The molecule has 0 saturated carbocycles. The average Bonchev–Trinajstić information content (AvgIpc) is 3.23. The molecule has 1 aliphatic rings. The summed E-state index contributed by atoms with van der Waals surface area (Å²) in [5, 5.41) is 5.38. The molecule has 0 unspecified atom stereocenters. The molecular weight excluding hydrogens is 447 g/mol. The van der Waals surface area contributed by atoms with Crippen molar-refractivity contribution >= 4 is 46.0 Å². The zero-order chi connectivity index (χ0) is 21.3. The van der Waals surface area contributed by atoms with Gasteiger partial charge in [0.15, 0.2) is 5.13 Å². The van der Waals surface area contributed by atoms with E-state index in [4.69, 9.17) is 0 Å². The maximum absolute atomic E-state index is 13.8. The molecule has 1 aromatic heterocycles. The van der Waals surface area contributed by atoms with Gasteiger partial charge in [-0.25, -0.2) is 18.2 Å². The topological polar surface area (TPSA) is 45.2 Å². The van der Waals surface area contributed by atoms with Gasteiger partial charge in [0.1, 0.15) is 23.0 Å². The molecule has 9 heteroatoms. The minimum atomic E-state index is -1.24. The Bertz CT molecular complexity index is 1090. The molecule has 162 valence electrons. The lowest BCUT2D eigenvalue weighted by molar-refractivity contribution is 0.101. The van der Waals surface area contributed by atoms with E-state index < -0.39 is 28.9 Å². The van der Waals surface area contributed by atoms with Gasteiger partial charge in [-0.05, 0) is 36.6 Å². The lowest BCUT2D eigenvalue weighted by atomic mass is 9.95. The van der Waals surface area contributed by atoms with Crippen LogP contribution in [0.2, 0.25) is 0 Å². The summed E-state index contributed by atoms with van der Waals surface area (Å²) < 4.78 is 40.7. The summed E-state index contributed by atoms with van der Waals surface area (Å²) in [4.78, 5) is 18.8. The molecule has 1 N–H and O–H groups in total. The van der Waals surface area contributed by atoms with E-state index in [1.54, 1.807) is 29.7 Å². The van der Waals surface area contributed by atoms with Gasteiger partial charge in [0, 0.05) is 42.5 Å². The summed E-state index contributed by atoms with van der Waals surface area (Å²) in [6, 6.07) is 8.03. The third-order valence-electron chi connectivity index (χ3n) is 5.04. The number of nitrogens with zero attached hydrogens (tertiary/aromatic N) is 2. The normalized spacial score (nSPS) is 13.7. The second-order valence-corrected chi connectivity index (χ2v) is 7.89. The summed E-state index contributed by atoms with van der Waals surface area (Å²) in [5.74, 6) is -4.53. The van der Waals surface area contributed by atoms with E-state index >= 15 is 0 Å². The van der Waals surface area contributed by atoms with Gasteiger partial charge in [-0.15, -0.1) is 23.7 Å². The first-order chi connectivity index (χ1) is 14.4. The first-order valence-corrected chi connectivity index (χ1v) is 10.2. The van der Waals surface area contributed by atoms with E-state index in [1.165, 1.54) is 11.1 Å². The number of hydrogen-bond donors (Lipinski definition) is 1. The van der Waals surface area contributed by atoms with Gasteiger partial charge in [-0.1, -0.05) is 17.7 Å². The molecule has 2 aromatic carbocycles. The van der Waals surface area contributed by atoms with Crippen LogP contribution >= 0.6 is 23.7 Å². The molecule has 3 aromatic rings. The first kappa shape index (κ1) is 22.8. The summed E-state index contributed by atoms with van der Waals surface area (Å²) in [6.07, 6.45) is 2.71. The van der Waals surface area contributed by atoms with Crippen LogP contribution in [0.15, 0.2) is 53.5 Å². The van der Waals surface area contributed by atoms with Crippen molar-refractivity contribution in [3.63, 3.8) is 0 Å². The van der Waals surface area contributed by atoms with Gasteiger partial charge in [-0.2, -0.15) is 0 Å². The Morgan fingerprint density at radius 1 is 1.13 bits per heavy atom. The largest absolute Gasteiger partial charge is 0.343 e. The van der Waals surface area contributed by atoms with Crippen LogP contribution in [-0.2, 0) is 0 Å². The van der Waals surface area contributed by atoms with Gasteiger partial charge in [0.2, 0.25) is 0 Å². The maximum atomic E-state index is 13.8. The molecule has 0 saturated heterocycles. The van der Waals surface area contributed by atoms with Crippen LogP contribution in [0.4, 0.5) is 24.0 Å². The number of benzene rings is 2.